The van der Waals surface area contributed by atoms with Gasteiger partial charge in [0.15, 0.2) is 0 Å². The van der Waals surface area contributed by atoms with E-state index in [1.54, 1.807) is 0 Å². The summed E-state index contributed by atoms with van der Waals surface area (Å²) in [5.74, 6) is 1.08. The van der Waals surface area contributed by atoms with Crippen LogP contribution in [0, 0.1) is 0 Å². The second-order valence-corrected chi connectivity index (χ2v) is 5.52. The summed E-state index contributed by atoms with van der Waals surface area (Å²) >= 11 is 6.02. The highest BCUT2D eigenvalue weighted by molar-refractivity contribution is 6.31. The number of aryl methyl sites for hydroxylation is 1. The van der Waals surface area contributed by atoms with Gasteiger partial charge >= 0.3 is 0 Å². The number of halogens is 1. The van der Waals surface area contributed by atoms with Crippen LogP contribution in [-0.4, -0.2) is 15.6 Å². The maximum atomic E-state index is 6.02. The molecule has 1 fully saturated rings. The molecule has 96 valence electrons. The Kier molecular flexibility index (Phi) is 3.27. The van der Waals surface area contributed by atoms with E-state index in [1.165, 1.54) is 25.7 Å². The molecule has 3 nitrogen and oxygen atoms in total. The third-order valence-corrected chi connectivity index (χ3v) is 4.07. The van der Waals surface area contributed by atoms with Crippen molar-refractivity contribution >= 4 is 22.6 Å². The Morgan fingerprint density at radius 1 is 1.39 bits per heavy atom. The first-order chi connectivity index (χ1) is 8.74. The van der Waals surface area contributed by atoms with Gasteiger partial charge < -0.3 is 9.88 Å². The van der Waals surface area contributed by atoms with Crippen LogP contribution in [0.3, 0.4) is 0 Å². The molecule has 4 heteroatoms. The summed E-state index contributed by atoms with van der Waals surface area (Å²) < 4.78 is 2.13. The SMILES string of the molecule is Cn1c(CNC2CCCC2)nc2ccc(Cl)cc21. The molecule has 2 aromatic rings. The predicted octanol–water partition coefficient (Wildman–Crippen LogP) is 3.26. The topological polar surface area (TPSA) is 29.9 Å². The van der Waals surface area contributed by atoms with Crippen LogP contribution in [0.5, 0.6) is 0 Å². The lowest BCUT2D eigenvalue weighted by molar-refractivity contribution is 0.508. The normalized spacial score (nSPS) is 16.8. The highest BCUT2D eigenvalue weighted by Crippen LogP contribution is 2.21. The Morgan fingerprint density at radius 2 is 2.17 bits per heavy atom. The Labute approximate surface area is 112 Å². The van der Waals surface area contributed by atoms with Gasteiger partial charge in [0.2, 0.25) is 0 Å². The van der Waals surface area contributed by atoms with Crippen molar-refractivity contribution in [2.45, 2.75) is 38.3 Å². The van der Waals surface area contributed by atoms with Crippen LogP contribution in [-0.2, 0) is 13.6 Å². The molecule has 1 aromatic heterocycles. The maximum Gasteiger partial charge on any atom is 0.123 e. The van der Waals surface area contributed by atoms with Gasteiger partial charge in [-0.15, -0.1) is 0 Å². The molecular formula is C14H18ClN3. The Bertz CT molecular complexity index is 555. The zero-order valence-electron chi connectivity index (χ0n) is 10.6. The van der Waals surface area contributed by atoms with Crippen LogP contribution in [0.25, 0.3) is 11.0 Å². The fraction of sp³-hybridized carbons (Fsp3) is 0.500. The molecule has 0 aliphatic heterocycles. The molecule has 0 bridgehead atoms. The molecule has 0 saturated heterocycles. The van der Waals surface area contributed by atoms with E-state index < -0.39 is 0 Å². The van der Waals surface area contributed by atoms with Crippen LogP contribution in [0.1, 0.15) is 31.5 Å². The van der Waals surface area contributed by atoms with E-state index in [0.29, 0.717) is 6.04 Å². The van der Waals surface area contributed by atoms with Crippen molar-refractivity contribution in [3.05, 3.63) is 29.0 Å². The molecule has 1 N–H and O–H groups in total. The summed E-state index contributed by atoms with van der Waals surface area (Å²) in [6.07, 6.45) is 5.32. The molecule has 1 heterocycles. The first-order valence-electron chi connectivity index (χ1n) is 6.58. The minimum Gasteiger partial charge on any atom is -0.330 e. The molecule has 1 aliphatic carbocycles. The molecule has 0 amide bonds. The molecule has 1 aromatic carbocycles. The second-order valence-electron chi connectivity index (χ2n) is 5.08. The highest BCUT2D eigenvalue weighted by atomic mass is 35.5. The van der Waals surface area contributed by atoms with Crippen LogP contribution in [0.4, 0.5) is 0 Å². The number of aromatic nitrogens is 2. The van der Waals surface area contributed by atoms with Gasteiger partial charge in [0, 0.05) is 18.1 Å². The number of nitrogens with zero attached hydrogens (tertiary/aromatic N) is 2. The van der Waals surface area contributed by atoms with Crippen molar-refractivity contribution in [2.24, 2.45) is 7.05 Å². The average molecular weight is 264 g/mol. The molecule has 0 radical (unpaired) electrons. The second kappa shape index (κ2) is 4.90. The van der Waals surface area contributed by atoms with Gasteiger partial charge in [0.1, 0.15) is 5.82 Å². The van der Waals surface area contributed by atoms with E-state index >= 15 is 0 Å². The van der Waals surface area contributed by atoms with E-state index in [1.807, 2.05) is 18.2 Å². The quantitative estimate of drug-likeness (QED) is 0.921. The van der Waals surface area contributed by atoms with Crippen LogP contribution >= 0.6 is 11.6 Å². The lowest BCUT2D eigenvalue weighted by atomic mass is 10.2. The van der Waals surface area contributed by atoms with E-state index in [0.717, 1.165) is 28.4 Å². The molecule has 1 saturated carbocycles. The molecule has 1 aliphatic rings. The number of benzene rings is 1. The monoisotopic (exact) mass is 263 g/mol. The third-order valence-electron chi connectivity index (χ3n) is 3.84. The summed E-state index contributed by atoms with van der Waals surface area (Å²) in [6.45, 7) is 0.841. The standard InChI is InChI=1S/C14H18ClN3/c1-18-13-8-10(15)6-7-12(13)17-14(18)9-16-11-4-2-3-5-11/h6-8,11,16H,2-5,9H2,1H3. The minimum atomic E-state index is 0.674. The lowest BCUT2D eigenvalue weighted by Gasteiger charge is -2.11. The smallest absolute Gasteiger partial charge is 0.123 e. The molecule has 0 atom stereocenters. The molecule has 3 rings (SSSR count). The summed E-state index contributed by atoms with van der Waals surface area (Å²) in [5, 5.41) is 4.36. The molecule has 0 spiro atoms. The Morgan fingerprint density at radius 3 is 2.94 bits per heavy atom. The summed E-state index contributed by atoms with van der Waals surface area (Å²) in [6, 6.07) is 6.53. The van der Waals surface area contributed by atoms with Gasteiger partial charge in [-0.1, -0.05) is 24.4 Å². The van der Waals surface area contributed by atoms with E-state index in [4.69, 9.17) is 11.6 Å². The van der Waals surface area contributed by atoms with Gasteiger partial charge in [-0.3, -0.25) is 0 Å². The fourth-order valence-electron chi connectivity index (χ4n) is 2.74. The highest BCUT2D eigenvalue weighted by Gasteiger charge is 2.15. The van der Waals surface area contributed by atoms with Crippen molar-refractivity contribution in [3.63, 3.8) is 0 Å². The predicted molar refractivity (Wildman–Crippen MR) is 74.8 cm³/mol. The van der Waals surface area contributed by atoms with Gasteiger partial charge in [-0.25, -0.2) is 4.98 Å². The van der Waals surface area contributed by atoms with Gasteiger partial charge in [0.25, 0.3) is 0 Å². The summed E-state index contributed by atoms with van der Waals surface area (Å²) in [4.78, 5) is 4.66. The number of fused-ring (bicyclic) bond motifs is 1. The van der Waals surface area contributed by atoms with E-state index in [2.05, 4.69) is 21.9 Å². The fourth-order valence-corrected chi connectivity index (χ4v) is 2.90. The van der Waals surface area contributed by atoms with Gasteiger partial charge in [0.05, 0.1) is 17.6 Å². The minimum absolute atomic E-state index is 0.674. The summed E-state index contributed by atoms with van der Waals surface area (Å²) in [7, 11) is 2.05. The first-order valence-corrected chi connectivity index (χ1v) is 6.96. The lowest BCUT2D eigenvalue weighted by Crippen LogP contribution is -2.26. The number of nitrogens with one attached hydrogen (secondary N) is 1. The van der Waals surface area contributed by atoms with Crippen molar-refractivity contribution in [1.29, 1.82) is 0 Å². The Hall–Kier alpha value is -1.06. The first kappa shape index (κ1) is 12.0. The average Bonchev–Trinajstić information content (AvgIpc) is 2.97. The van der Waals surface area contributed by atoms with E-state index in [-0.39, 0.29) is 0 Å². The number of imidazole rings is 1. The van der Waals surface area contributed by atoms with Crippen LogP contribution in [0.15, 0.2) is 18.2 Å². The van der Waals surface area contributed by atoms with Crippen molar-refractivity contribution in [3.8, 4) is 0 Å². The Balaban J connectivity index is 1.81. The number of rotatable bonds is 3. The van der Waals surface area contributed by atoms with Gasteiger partial charge in [-0.05, 0) is 31.0 Å². The zero-order chi connectivity index (χ0) is 12.5. The molecular weight excluding hydrogens is 246 g/mol. The van der Waals surface area contributed by atoms with E-state index in [9.17, 15) is 0 Å². The number of hydrogen-bond donors (Lipinski definition) is 1. The number of hydrogen-bond acceptors (Lipinski definition) is 2. The van der Waals surface area contributed by atoms with Crippen LogP contribution in [0.2, 0.25) is 5.02 Å². The summed E-state index contributed by atoms with van der Waals surface area (Å²) in [5.41, 5.74) is 2.12. The third kappa shape index (κ3) is 2.25. The van der Waals surface area contributed by atoms with Crippen molar-refractivity contribution < 1.29 is 0 Å². The molecule has 0 unspecified atom stereocenters. The van der Waals surface area contributed by atoms with Crippen molar-refractivity contribution in [1.82, 2.24) is 14.9 Å². The largest absolute Gasteiger partial charge is 0.330 e. The van der Waals surface area contributed by atoms with Crippen LogP contribution < -0.4 is 5.32 Å². The molecule has 18 heavy (non-hydrogen) atoms. The zero-order valence-corrected chi connectivity index (χ0v) is 11.4. The maximum absolute atomic E-state index is 6.02. The van der Waals surface area contributed by atoms with Gasteiger partial charge in [-0.2, -0.15) is 0 Å². The van der Waals surface area contributed by atoms with Crippen molar-refractivity contribution in [2.75, 3.05) is 0 Å².